The first kappa shape index (κ1) is 26.6. The number of hydrogen-bond donors (Lipinski definition) is 2. The number of pyridine rings is 1. The summed E-state index contributed by atoms with van der Waals surface area (Å²) in [5.74, 6) is -0.0859. The predicted octanol–water partition coefficient (Wildman–Crippen LogP) is 6.63. The van der Waals surface area contributed by atoms with Gasteiger partial charge in [0.25, 0.3) is 0 Å². The average Bonchev–Trinajstić information content (AvgIpc) is 3.41. The third kappa shape index (κ3) is 5.32. The van der Waals surface area contributed by atoms with E-state index in [9.17, 15) is 4.79 Å². The van der Waals surface area contributed by atoms with Crippen LogP contribution in [-0.4, -0.2) is 20.6 Å². The normalized spacial score (nSPS) is 17.0. The summed E-state index contributed by atoms with van der Waals surface area (Å²) in [6.45, 7) is 11.0. The van der Waals surface area contributed by atoms with Gasteiger partial charge in [0.2, 0.25) is 5.91 Å². The summed E-state index contributed by atoms with van der Waals surface area (Å²) in [5, 5.41) is 7.26. The molecule has 4 aromatic rings. The number of hydrogen-bond acceptors (Lipinski definition) is 3. The Morgan fingerprint density at radius 1 is 1.03 bits per heavy atom. The number of benzene rings is 2. The molecule has 1 saturated heterocycles. The van der Waals surface area contributed by atoms with E-state index in [0.29, 0.717) is 5.11 Å². The summed E-state index contributed by atoms with van der Waals surface area (Å²) in [6, 6.07) is 24.7. The fourth-order valence-corrected chi connectivity index (χ4v) is 5.65. The van der Waals surface area contributed by atoms with Crippen LogP contribution in [0.3, 0.4) is 0 Å². The Balaban J connectivity index is 1.57. The van der Waals surface area contributed by atoms with Gasteiger partial charge in [-0.05, 0) is 86.1 Å². The lowest BCUT2D eigenvalue weighted by Crippen LogP contribution is -2.29. The highest BCUT2D eigenvalue weighted by Gasteiger charge is 2.42. The Labute approximate surface area is 236 Å². The van der Waals surface area contributed by atoms with E-state index in [4.69, 9.17) is 17.2 Å². The molecule has 1 fully saturated rings. The number of rotatable bonds is 7. The number of thiocarbonyl (C=S) groups is 1. The smallest absolute Gasteiger partial charge is 0.226 e. The Morgan fingerprint density at radius 2 is 1.77 bits per heavy atom. The van der Waals surface area contributed by atoms with Gasteiger partial charge in [-0.2, -0.15) is 0 Å². The molecule has 0 unspecified atom stereocenters. The minimum atomic E-state index is -0.120. The molecule has 2 N–H and O–H groups in total. The minimum absolute atomic E-state index is 0.00292. The predicted molar refractivity (Wildman–Crippen MR) is 162 cm³/mol. The SMILES string of the molecule is Cc1cc(N2C(=S)N[C@H](c3ccccn3)[C@H]2c2cc(C)n(Cc3ccccc3)c2C)ccc1NC(=O)C(C)C. The molecule has 1 aliphatic heterocycles. The van der Waals surface area contributed by atoms with E-state index in [2.05, 4.69) is 76.4 Å². The molecule has 6 nitrogen and oxygen atoms in total. The Bertz CT molecular complexity index is 1500. The van der Waals surface area contributed by atoms with Gasteiger partial charge in [-0.15, -0.1) is 0 Å². The number of aryl methyl sites for hydroxylation is 2. The van der Waals surface area contributed by atoms with Crippen LogP contribution in [-0.2, 0) is 11.3 Å². The minimum Gasteiger partial charge on any atom is -0.351 e. The zero-order valence-electron chi connectivity index (χ0n) is 23.1. The lowest BCUT2D eigenvalue weighted by molar-refractivity contribution is -0.118. The second kappa shape index (κ2) is 11.0. The van der Waals surface area contributed by atoms with Crippen molar-refractivity contribution in [2.45, 2.75) is 53.2 Å². The first-order valence-corrected chi connectivity index (χ1v) is 13.8. The quantitative estimate of drug-likeness (QED) is 0.259. The molecule has 0 saturated carbocycles. The van der Waals surface area contributed by atoms with Gasteiger partial charge >= 0.3 is 0 Å². The summed E-state index contributed by atoms with van der Waals surface area (Å²) in [5.41, 5.74) is 8.60. The van der Waals surface area contributed by atoms with Crippen LogP contribution in [0.5, 0.6) is 0 Å². The van der Waals surface area contributed by atoms with Crippen molar-refractivity contribution in [1.82, 2.24) is 14.9 Å². The zero-order valence-corrected chi connectivity index (χ0v) is 23.9. The standard InChI is InChI=1S/C32H35N5OS/c1-20(2)31(38)34-27-15-14-25(17-21(27)3)37-30(29(35-32(37)39)28-13-9-10-16-33-28)26-18-22(4)36(23(26)5)19-24-11-7-6-8-12-24/h6-18,20,29-30H,19H2,1-5H3,(H,34,38)(H,35,39)/t29-,30-/m1/s1. The highest BCUT2D eigenvalue weighted by molar-refractivity contribution is 7.80. The lowest BCUT2D eigenvalue weighted by atomic mass is 9.96. The highest BCUT2D eigenvalue weighted by Crippen LogP contribution is 2.44. The van der Waals surface area contributed by atoms with E-state index >= 15 is 0 Å². The largest absolute Gasteiger partial charge is 0.351 e. The number of nitrogens with one attached hydrogen (secondary N) is 2. The van der Waals surface area contributed by atoms with Gasteiger partial charge in [0.1, 0.15) is 0 Å². The lowest BCUT2D eigenvalue weighted by Gasteiger charge is -2.29. The molecule has 0 radical (unpaired) electrons. The second-order valence-electron chi connectivity index (χ2n) is 10.5. The number of carbonyl (C=O) groups excluding carboxylic acids is 1. The molecule has 2 aromatic heterocycles. The van der Waals surface area contributed by atoms with Gasteiger partial charge in [-0.3, -0.25) is 9.78 Å². The molecule has 0 spiro atoms. The summed E-state index contributed by atoms with van der Waals surface area (Å²) in [7, 11) is 0. The molecule has 3 heterocycles. The van der Waals surface area contributed by atoms with E-state index in [1.54, 1.807) is 0 Å². The molecule has 200 valence electrons. The molecule has 1 aliphatic rings. The molecule has 39 heavy (non-hydrogen) atoms. The van der Waals surface area contributed by atoms with E-state index in [-0.39, 0.29) is 23.9 Å². The zero-order chi connectivity index (χ0) is 27.7. The highest BCUT2D eigenvalue weighted by atomic mass is 32.1. The van der Waals surface area contributed by atoms with Gasteiger partial charge in [0.05, 0.1) is 17.8 Å². The van der Waals surface area contributed by atoms with E-state index in [1.807, 2.05) is 57.3 Å². The molecule has 1 amide bonds. The van der Waals surface area contributed by atoms with Gasteiger partial charge in [-0.1, -0.05) is 50.2 Å². The fourth-order valence-electron chi connectivity index (χ4n) is 5.30. The maximum atomic E-state index is 12.3. The Hall–Kier alpha value is -3.97. The number of carbonyl (C=O) groups is 1. The van der Waals surface area contributed by atoms with Crippen molar-refractivity contribution >= 4 is 34.6 Å². The third-order valence-electron chi connectivity index (χ3n) is 7.48. The van der Waals surface area contributed by atoms with Gasteiger partial charge in [0, 0.05) is 41.4 Å². The molecule has 5 rings (SSSR count). The van der Waals surface area contributed by atoms with Crippen LogP contribution in [0.15, 0.2) is 79.0 Å². The summed E-state index contributed by atoms with van der Waals surface area (Å²) in [6.07, 6.45) is 1.83. The van der Waals surface area contributed by atoms with Crippen LogP contribution >= 0.6 is 12.2 Å². The van der Waals surface area contributed by atoms with Gasteiger partial charge in [0.15, 0.2) is 5.11 Å². The monoisotopic (exact) mass is 537 g/mol. The third-order valence-corrected chi connectivity index (χ3v) is 7.80. The van der Waals surface area contributed by atoms with E-state index < -0.39 is 0 Å². The number of anilines is 2. The second-order valence-corrected chi connectivity index (χ2v) is 10.9. The summed E-state index contributed by atoms with van der Waals surface area (Å²) < 4.78 is 2.37. The van der Waals surface area contributed by atoms with Crippen molar-refractivity contribution in [3.63, 3.8) is 0 Å². The maximum Gasteiger partial charge on any atom is 0.226 e. The first-order chi connectivity index (χ1) is 18.7. The molecule has 0 aliphatic carbocycles. The molecule has 0 bridgehead atoms. The Morgan fingerprint density at radius 3 is 2.44 bits per heavy atom. The van der Waals surface area contributed by atoms with Crippen molar-refractivity contribution in [2.75, 3.05) is 10.2 Å². The van der Waals surface area contributed by atoms with Crippen molar-refractivity contribution in [1.29, 1.82) is 0 Å². The van der Waals surface area contributed by atoms with Crippen LogP contribution < -0.4 is 15.5 Å². The number of aromatic nitrogens is 2. The van der Waals surface area contributed by atoms with Crippen molar-refractivity contribution in [3.8, 4) is 0 Å². The first-order valence-electron chi connectivity index (χ1n) is 13.4. The number of nitrogens with zero attached hydrogens (tertiary/aromatic N) is 3. The molecule has 2 aromatic carbocycles. The number of amides is 1. The van der Waals surface area contributed by atoms with Crippen LogP contribution in [0.25, 0.3) is 0 Å². The van der Waals surface area contributed by atoms with Crippen LogP contribution in [0, 0.1) is 26.7 Å². The fraction of sp³-hybridized carbons (Fsp3) is 0.281. The van der Waals surface area contributed by atoms with Crippen molar-refractivity contribution < 1.29 is 4.79 Å². The van der Waals surface area contributed by atoms with Crippen molar-refractivity contribution in [3.05, 3.63) is 113 Å². The van der Waals surface area contributed by atoms with E-state index in [1.165, 1.54) is 22.5 Å². The molecular weight excluding hydrogens is 502 g/mol. The van der Waals surface area contributed by atoms with Gasteiger partial charge < -0.3 is 20.1 Å². The summed E-state index contributed by atoms with van der Waals surface area (Å²) >= 11 is 5.96. The average molecular weight is 538 g/mol. The Kier molecular flexibility index (Phi) is 7.53. The molecule has 7 heteroatoms. The maximum absolute atomic E-state index is 12.3. The topological polar surface area (TPSA) is 62.2 Å². The van der Waals surface area contributed by atoms with Crippen LogP contribution in [0.2, 0.25) is 0 Å². The van der Waals surface area contributed by atoms with Crippen LogP contribution in [0.1, 0.15) is 59.7 Å². The van der Waals surface area contributed by atoms with Crippen molar-refractivity contribution in [2.24, 2.45) is 5.92 Å². The van der Waals surface area contributed by atoms with Crippen LogP contribution in [0.4, 0.5) is 11.4 Å². The molecule has 2 atom stereocenters. The van der Waals surface area contributed by atoms with E-state index in [0.717, 1.165) is 29.2 Å². The van der Waals surface area contributed by atoms with Gasteiger partial charge in [-0.25, -0.2) is 0 Å². The molecular formula is C32H35N5OS. The summed E-state index contributed by atoms with van der Waals surface area (Å²) in [4.78, 5) is 19.2.